The minimum absolute atomic E-state index is 0.0179. The van der Waals surface area contributed by atoms with E-state index in [1.165, 1.54) is 6.92 Å². The highest BCUT2D eigenvalue weighted by Crippen LogP contribution is 2.10. The number of carbonyl (C=O) groups is 8. The molecule has 0 unspecified atom stereocenters. The Morgan fingerprint density at radius 3 is 1.66 bits per heavy atom. The van der Waals surface area contributed by atoms with Crippen molar-refractivity contribution < 1.29 is 63.9 Å². The van der Waals surface area contributed by atoms with Crippen LogP contribution in [0.1, 0.15) is 58.4 Å². The van der Waals surface area contributed by atoms with Gasteiger partial charge in [-0.15, -0.1) is 0 Å². The smallest absolute Gasteiger partial charge is 0.328 e. The molecule has 0 radical (unpaired) electrons. The fourth-order valence-corrected chi connectivity index (χ4v) is 5.20. The summed E-state index contributed by atoms with van der Waals surface area (Å²) in [5.41, 5.74) is 11.8. The average molecular weight is 797 g/mol. The van der Waals surface area contributed by atoms with Gasteiger partial charge in [0.1, 0.15) is 36.3 Å². The van der Waals surface area contributed by atoms with Gasteiger partial charge in [-0.2, -0.15) is 0 Å². The summed E-state index contributed by atoms with van der Waals surface area (Å²) in [6.45, 7) is 2.98. The van der Waals surface area contributed by atoms with Crippen LogP contribution in [0.25, 0.3) is 0 Å². The molecule has 1 rings (SSSR count). The van der Waals surface area contributed by atoms with Gasteiger partial charge in [0.15, 0.2) is 0 Å². The Kier molecular flexibility index (Phi) is 21.8. The van der Waals surface area contributed by atoms with Crippen LogP contribution in [-0.4, -0.2) is 141 Å². The predicted octanol–water partition coefficient (Wildman–Crippen LogP) is -4.44. The van der Waals surface area contributed by atoms with Gasteiger partial charge in [-0.05, 0) is 50.6 Å². The number of aliphatic hydroxyl groups is 3. The molecule has 0 aliphatic carbocycles. The fraction of sp³-hybridized carbons (Fsp3) is 0.600. The molecule has 0 saturated carbocycles. The average Bonchev–Trinajstić information content (AvgIpc) is 3.13. The molecule has 0 spiro atoms. The third kappa shape index (κ3) is 17.5. The van der Waals surface area contributed by atoms with Gasteiger partial charge in [0.25, 0.3) is 0 Å². The SMILES string of the molecule is CC(C)C[C@H](NC(=O)[C@H](CCCCN)NC(=O)[C@H](Cc1ccccc1)NC(=O)[C@@H](NC(=O)[C@@H](N)CC(=O)O)[C@@H](C)O)C(=O)N[C@@H](CO)C(=O)N[C@@H](CO)C(=O)O. The predicted molar refractivity (Wildman–Crippen MR) is 198 cm³/mol. The molecule has 0 aromatic heterocycles. The standard InChI is InChI=1S/C35H56N8O13/c1-18(2)13-23(31(51)41-25(16-44)33(53)42-26(17-45)35(55)56)39-30(50)22(11-7-8-12-36)38-32(52)24(14-20-9-5-4-6-10-20)40-34(54)28(19(3)46)43-29(49)21(37)15-27(47)48/h4-6,9-10,18-19,21-26,28,44-46H,7-8,11-17,36-37H2,1-3H3,(H,38,52)(H,39,50)(H,40,54)(H,41,51)(H,42,53)(H,43,49)(H,47,48)(H,55,56)/t19-,21+,22+,23+,24+,25+,26+,28+/m1/s1. The van der Waals surface area contributed by atoms with Crippen LogP contribution in [0.2, 0.25) is 0 Å². The zero-order valence-corrected chi connectivity index (χ0v) is 31.6. The molecule has 0 fully saturated rings. The molecule has 6 amide bonds. The molecule has 8 atom stereocenters. The normalized spacial score (nSPS) is 15.4. The lowest BCUT2D eigenvalue weighted by molar-refractivity contribution is -0.143. The highest BCUT2D eigenvalue weighted by Gasteiger charge is 2.35. The Balaban J connectivity index is 3.37. The number of aliphatic hydroxyl groups excluding tert-OH is 3. The van der Waals surface area contributed by atoms with E-state index in [1.54, 1.807) is 44.2 Å². The zero-order valence-electron chi connectivity index (χ0n) is 31.6. The first-order valence-corrected chi connectivity index (χ1v) is 18.0. The Morgan fingerprint density at radius 1 is 0.643 bits per heavy atom. The van der Waals surface area contributed by atoms with E-state index < -0.39 is 115 Å². The van der Waals surface area contributed by atoms with Gasteiger partial charge in [-0.3, -0.25) is 33.6 Å². The van der Waals surface area contributed by atoms with Crippen LogP contribution < -0.4 is 43.4 Å². The fourth-order valence-electron chi connectivity index (χ4n) is 5.20. The second-order valence-corrected chi connectivity index (χ2v) is 13.5. The van der Waals surface area contributed by atoms with Crippen molar-refractivity contribution in [2.75, 3.05) is 19.8 Å². The number of aliphatic carboxylic acids is 2. The van der Waals surface area contributed by atoms with Crippen LogP contribution in [0.3, 0.4) is 0 Å². The molecule has 0 heterocycles. The van der Waals surface area contributed by atoms with Gasteiger partial charge < -0.3 is 68.9 Å². The highest BCUT2D eigenvalue weighted by molar-refractivity contribution is 5.97. The minimum atomic E-state index is -1.72. The molecule has 1 aromatic carbocycles. The van der Waals surface area contributed by atoms with Crippen molar-refractivity contribution in [3.63, 3.8) is 0 Å². The summed E-state index contributed by atoms with van der Waals surface area (Å²) in [5.74, 6) is -8.97. The van der Waals surface area contributed by atoms with Crippen LogP contribution in [0.15, 0.2) is 30.3 Å². The van der Waals surface area contributed by atoms with Crippen LogP contribution in [-0.2, 0) is 44.8 Å². The molecular weight excluding hydrogens is 740 g/mol. The largest absolute Gasteiger partial charge is 0.481 e. The van der Waals surface area contributed by atoms with E-state index in [0.717, 1.165) is 0 Å². The van der Waals surface area contributed by atoms with Crippen molar-refractivity contribution in [2.45, 2.75) is 108 Å². The van der Waals surface area contributed by atoms with Gasteiger partial charge in [0, 0.05) is 6.42 Å². The number of carboxylic acids is 2. The second kappa shape index (κ2) is 25.0. The number of carboxylic acid groups (broad SMARTS) is 2. The number of rotatable bonds is 26. The molecule has 56 heavy (non-hydrogen) atoms. The number of benzene rings is 1. The maximum absolute atomic E-state index is 13.9. The second-order valence-electron chi connectivity index (χ2n) is 13.5. The van der Waals surface area contributed by atoms with Crippen molar-refractivity contribution in [3.8, 4) is 0 Å². The van der Waals surface area contributed by atoms with Crippen LogP contribution >= 0.6 is 0 Å². The quantitative estimate of drug-likeness (QED) is 0.0394. The summed E-state index contributed by atoms with van der Waals surface area (Å²) in [6, 6.07) is -2.24. The first-order valence-electron chi connectivity index (χ1n) is 18.0. The Morgan fingerprint density at radius 2 is 1.14 bits per heavy atom. The number of amides is 6. The Labute approximate surface area is 323 Å². The summed E-state index contributed by atoms with van der Waals surface area (Å²) in [5, 5.41) is 61.6. The Bertz CT molecular complexity index is 1480. The third-order valence-corrected chi connectivity index (χ3v) is 8.24. The monoisotopic (exact) mass is 796 g/mol. The van der Waals surface area contributed by atoms with Gasteiger partial charge in [-0.1, -0.05) is 44.2 Å². The lowest BCUT2D eigenvalue weighted by Crippen LogP contribution is -2.61. The van der Waals surface area contributed by atoms with E-state index >= 15 is 0 Å². The van der Waals surface area contributed by atoms with E-state index in [1.807, 2.05) is 5.32 Å². The van der Waals surface area contributed by atoms with E-state index in [-0.39, 0.29) is 31.7 Å². The Hall–Kier alpha value is -5.22. The van der Waals surface area contributed by atoms with E-state index in [0.29, 0.717) is 18.4 Å². The van der Waals surface area contributed by atoms with E-state index in [9.17, 15) is 53.7 Å². The molecule has 0 saturated heterocycles. The lowest BCUT2D eigenvalue weighted by Gasteiger charge is -2.28. The van der Waals surface area contributed by atoms with Crippen molar-refractivity contribution in [1.29, 1.82) is 0 Å². The number of hydrogen-bond donors (Lipinski definition) is 13. The summed E-state index contributed by atoms with van der Waals surface area (Å²) in [7, 11) is 0. The maximum Gasteiger partial charge on any atom is 0.328 e. The van der Waals surface area contributed by atoms with E-state index in [4.69, 9.17) is 21.7 Å². The van der Waals surface area contributed by atoms with Crippen LogP contribution in [0.5, 0.6) is 0 Å². The number of nitrogens with two attached hydrogens (primary N) is 2. The van der Waals surface area contributed by atoms with Gasteiger partial charge in [-0.25, -0.2) is 4.79 Å². The zero-order chi connectivity index (χ0) is 42.5. The van der Waals surface area contributed by atoms with Gasteiger partial charge >= 0.3 is 11.9 Å². The molecule has 314 valence electrons. The molecule has 15 N–H and O–H groups in total. The number of carbonyl (C=O) groups excluding carboxylic acids is 6. The highest BCUT2D eigenvalue weighted by atomic mass is 16.4. The first-order chi connectivity index (χ1) is 26.3. The summed E-state index contributed by atoms with van der Waals surface area (Å²) in [4.78, 5) is 102. The topological polar surface area (TPSA) is 362 Å². The molecule has 21 nitrogen and oxygen atoms in total. The van der Waals surface area contributed by atoms with E-state index in [2.05, 4.69) is 26.6 Å². The first kappa shape index (κ1) is 48.8. The summed E-state index contributed by atoms with van der Waals surface area (Å²) in [6.07, 6.45) is -1.61. The summed E-state index contributed by atoms with van der Waals surface area (Å²) < 4.78 is 0. The molecule has 1 aromatic rings. The molecule has 0 aliphatic rings. The number of hydrogen-bond acceptors (Lipinski definition) is 13. The van der Waals surface area contributed by atoms with Crippen molar-refractivity contribution >= 4 is 47.4 Å². The van der Waals surface area contributed by atoms with Crippen molar-refractivity contribution in [2.24, 2.45) is 17.4 Å². The molecular formula is C35H56N8O13. The summed E-state index contributed by atoms with van der Waals surface area (Å²) >= 11 is 0. The van der Waals surface area contributed by atoms with Crippen molar-refractivity contribution in [1.82, 2.24) is 31.9 Å². The molecule has 21 heteroatoms. The molecule has 0 aliphatic heterocycles. The maximum atomic E-state index is 13.9. The van der Waals surface area contributed by atoms with Gasteiger partial charge in [0.2, 0.25) is 35.4 Å². The minimum Gasteiger partial charge on any atom is -0.481 e. The van der Waals surface area contributed by atoms with Crippen LogP contribution in [0, 0.1) is 5.92 Å². The number of nitrogens with one attached hydrogen (secondary N) is 6. The molecule has 0 bridgehead atoms. The van der Waals surface area contributed by atoms with Crippen molar-refractivity contribution in [3.05, 3.63) is 35.9 Å². The third-order valence-electron chi connectivity index (χ3n) is 8.24. The lowest BCUT2D eigenvalue weighted by atomic mass is 10.0. The van der Waals surface area contributed by atoms with Gasteiger partial charge in [0.05, 0.1) is 31.8 Å². The van der Waals surface area contributed by atoms with Crippen LogP contribution in [0.4, 0.5) is 0 Å². The number of unbranched alkanes of at least 4 members (excludes halogenated alkanes) is 1.